The summed E-state index contributed by atoms with van der Waals surface area (Å²) >= 11 is 0. The number of nitrogens with zero attached hydrogens (tertiary/aromatic N) is 2. The van der Waals surface area contributed by atoms with Crippen molar-refractivity contribution in [2.24, 2.45) is 16.8 Å². The minimum atomic E-state index is 0.0579. The molecule has 0 radical (unpaired) electrons. The SMILES string of the molecule is N/C(=N/O)c1ccc(C(=O)N2CCC3CCCCC32)cc1. The van der Waals surface area contributed by atoms with Crippen molar-refractivity contribution in [3.05, 3.63) is 35.4 Å². The zero-order chi connectivity index (χ0) is 14.8. The van der Waals surface area contributed by atoms with E-state index in [1.165, 1.54) is 19.3 Å². The number of nitrogens with two attached hydrogens (primary N) is 1. The van der Waals surface area contributed by atoms with Crippen LogP contribution in [0.3, 0.4) is 0 Å². The summed E-state index contributed by atoms with van der Waals surface area (Å²) in [5.41, 5.74) is 6.83. The maximum atomic E-state index is 12.7. The Morgan fingerprint density at radius 1 is 1.14 bits per heavy atom. The molecule has 2 atom stereocenters. The van der Waals surface area contributed by atoms with Gasteiger partial charge >= 0.3 is 0 Å². The number of amidine groups is 1. The van der Waals surface area contributed by atoms with Crippen molar-refractivity contribution in [1.82, 2.24) is 4.90 Å². The maximum absolute atomic E-state index is 12.7. The van der Waals surface area contributed by atoms with Gasteiger partial charge in [0.05, 0.1) is 0 Å². The van der Waals surface area contributed by atoms with Crippen LogP contribution in [0.1, 0.15) is 48.0 Å². The molecule has 0 bridgehead atoms. The lowest BCUT2D eigenvalue weighted by molar-refractivity contribution is 0.0690. The van der Waals surface area contributed by atoms with Gasteiger partial charge in [-0.25, -0.2) is 0 Å². The standard InChI is InChI=1S/C16H21N3O2/c17-15(18-21)12-5-7-13(8-6-12)16(20)19-10-9-11-3-1-2-4-14(11)19/h5-8,11,14,21H,1-4,9-10H2,(H2,17,18). The Bertz CT molecular complexity index is 553. The number of carbonyl (C=O) groups is 1. The normalized spacial score (nSPS) is 25.7. The van der Waals surface area contributed by atoms with Gasteiger partial charge in [-0.1, -0.05) is 30.1 Å². The van der Waals surface area contributed by atoms with E-state index in [0.29, 0.717) is 23.1 Å². The molecule has 0 aromatic heterocycles. The predicted molar refractivity (Wildman–Crippen MR) is 80.4 cm³/mol. The summed E-state index contributed by atoms with van der Waals surface area (Å²) in [5, 5.41) is 11.6. The van der Waals surface area contributed by atoms with E-state index in [2.05, 4.69) is 5.16 Å². The summed E-state index contributed by atoms with van der Waals surface area (Å²) in [5.74, 6) is 0.858. The summed E-state index contributed by atoms with van der Waals surface area (Å²) in [6, 6.07) is 7.38. The molecular formula is C16H21N3O2. The van der Waals surface area contributed by atoms with E-state index < -0.39 is 0 Å². The van der Waals surface area contributed by atoms with Gasteiger partial charge in [-0.2, -0.15) is 0 Å². The lowest BCUT2D eigenvalue weighted by Crippen LogP contribution is -2.39. The van der Waals surface area contributed by atoms with E-state index in [9.17, 15) is 4.79 Å². The number of amides is 1. The van der Waals surface area contributed by atoms with Gasteiger partial charge in [0.25, 0.3) is 5.91 Å². The molecule has 3 rings (SSSR count). The molecule has 1 saturated carbocycles. The maximum Gasteiger partial charge on any atom is 0.254 e. The number of carbonyl (C=O) groups excluding carboxylic acids is 1. The summed E-state index contributed by atoms with van der Waals surface area (Å²) in [7, 11) is 0. The number of hydrogen-bond acceptors (Lipinski definition) is 3. The molecular weight excluding hydrogens is 266 g/mol. The second-order valence-electron chi connectivity index (χ2n) is 5.96. The van der Waals surface area contributed by atoms with Crippen LogP contribution in [0.4, 0.5) is 0 Å². The van der Waals surface area contributed by atoms with E-state index in [-0.39, 0.29) is 11.7 Å². The first-order valence-electron chi connectivity index (χ1n) is 7.59. The lowest BCUT2D eigenvalue weighted by Gasteiger charge is -2.31. The van der Waals surface area contributed by atoms with Crippen LogP contribution in [0.5, 0.6) is 0 Å². The van der Waals surface area contributed by atoms with E-state index >= 15 is 0 Å². The third kappa shape index (κ3) is 2.60. The molecule has 3 N–H and O–H groups in total. The van der Waals surface area contributed by atoms with Crippen molar-refractivity contribution in [1.29, 1.82) is 0 Å². The Kier molecular flexibility index (Phi) is 3.82. The quantitative estimate of drug-likeness (QED) is 0.379. The fraction of sp³-hybridized carbons (Fsp3) is 0.500. The van der Waals surface area contributed by atoms with Gasteiger partial charge < -0.3 is 15.8 Å². The molecule has 1 aliphatic heterocycles. The fourth-order valence-corrected chi connectivity index (χ4v) is 3.67. The molecule has 5 heteroatoms. The molecule has 2 aliphatic rings. The molecule has 1 aromatic carbocycles. The Morgan fingerprint density at radius 2 is 1.81 bits per heavy atom. The van der Waals surface area contributed by atoms with Gasteiger partial charge in [0.2, 0.25) is 0 Å². The van der Waals surface area contributed by atoms with Crippen molar-refractivity contribution in [3.8, 4) is 0 Å². The molecule has 0 spiro atoms. The van der Waals surface area contributed by atoms with Crippen molar-refractivity contribution < 1.29 is 10.0 Å². The van der Waals surface area contributed by atoms with Crippen molar-refractivity contribution in [2.75, 3.05) is 6.54 Å². The molecule has 5 nitrogen and oxygen atoms in total. The highest BCUT2D eigenvalue weighted by molar-refractivity contribution is 5.99. The third-order valence-electron chi connectivity index (χ3n) is 4.81. The van der Waals surface area contributed by atoms with Gasteiger partial charge in [-0.05, 0) is 37.3 Å². The van der Waals surface area contributed by atoms with Gasteiger partial charge in [0.1, 0.15) is 0 Å². The number of hydrogen-bond donors (Lipinski definition) is 2. The summed E-state index contributed by atoms with van der Waals surface area (Å²) in [6.45, 7) is 0.871. The van der Waals surface area contributed by atoms with Crippen LogP contribution in [-0.2, 0) is 0 Å². The van der Waals surface area contributed by atoms with Crippen LogP contribution in [0.15, 0.2) is 29.4 Å². The van der Waals surface area contributed by atoms with E-state index in [1.54, 1.807) is 24.3 Å². The van der Waals surface area contributed by atoms with Crippen molar-refractivity contribution in [2.45, 2.75) is 38.1 Å². The fourth-order valence-electron chi connectivity index (χ4n) is 3.67. The number of fused-ring (bicyclic) bond motifs is 1. The van der Waals surface area contributed by atoms with Crippen molar-refractivity contribution in [3.63, 3.8) is 0 Å². The minimum Gasteiger partial charge on any atom is -0.409 e. The Hall–Kier alpha value is -2.04. The molecule has 2 unspecified atom stereocenters. The number of oxime groups is 1. The number of likely N-dealkylation sites (tertiary alicyclic amines) is 1. The van der Waals surface area contributed by atoms with Crippen LogP contribution in [-0.4, -0.2) is 34.4 Å². The summed E-state index contributed by atoms with van der Waals surface area (Å²) in [6.07, 6.45) is 6.07. The van der Waals surface area contributed by atoms with Crippen molar-refractivity contribution >= 4 is 11.7 Å². The molecule has 21 heavy (non-hydrogen) atoms. The van der Waals surface area contributed by atoms with Gasteiger partial charge in [-0.15, -0.1) is 0 Å². The smallest absolute Gasteiger partial charge is 0.254 e. The Balaban J connectivity index is 1.76. The third-order valence-corrected chi connectivity index (χ3v) is 4.81. The molecule has 112 valence electrons. The molecule has 2 fully saturated rings. The van der Waals surface area contributed by atoms with Gasteiger partial charge in [0, 0.05) is 23.7 Å². The summed E-state index contributed by atoms with van der Waals surface area (Å²) < 4.78 is 0. The molecule has 1 aliphatic carbocycles. The largest absolute Gasteiger partial charge is 0.409 e. The monoisotopic (exact) mass is 287 g/mol. The first kappa shape index (κ1) is 13.9. The average molecular weight is 287 g/mol. The highest BCUT2D eigenvalue weighted by atomic mass is 16.4. The van der Waals surface area contributed by atoms with Gasteiger partial charge in [-0.3, -0.25) is 4.79 Å². The van der Waals surface area contributed by atoms with E-state index in [0.717, 1.165) is 19.4 Å². The zero-order valence-corrected chi connectivity index (χ0v) is 12.0. The second-order valence-corrected chi connectivity index (χ2v) is 5.96. The first-order chi connectivity index (χ1) is 10.2. The molecule has 1 amide bonds. The number of benzene rings is 1. The first-order valence-corrected chi connectivity index (χ1v) is 7.59. The minimum absolute atomic E-state index is 0.0579. The Labute approximate surface area is 124 Å². The molecule has 1 aromatic rings. The van der Waals surface area contributed by atoms with Crippen LogP contribution < -0.4 is 5.73 Å². The molecule has 1 heterocycles. The Morgan fingerprint density at radius 3 is 2.52 bits per heavy atom. The predicted octanol–water partition coefficient (Wildman–Crippen LogP) is 2.19. The van der Waals surface area contributed by atoms with Crippen LogP contribution in [0.25, 0.3) is 0 Å². The van der Waals surface area contributed by atoms with Crippen LogP contribution in [0.2, 0.25) is 0 Å². The van der Waals surface area contributed by atoms with Crippen LogP contribution >= 0.6 is 0 Å². The highest BCUT2D eigenvalue weighted by Crippen LogP contribution is 2.36. The van der Waals surface area contributed by atoms with E-state index in [4.69, 9.17) is 10.9 Å². The lowest BCUT2D eigenvalue weighted by atomic mass is 9.85. The second kappa shape index (κ2) is 5.76. The molecule has 1 saturated heterocycles. The van der Waals surface area contributed by atoms with E-state index in [1.807, 2.05) is 4.90 Å². The van der Waals surface area contributed by atoms with Crippen LogP contribution in [0, 0.1) is 5.92 Å². The average Bonchev–Trinajstić information content (AvgIpc) is 2.97. The topological polar surface area (TPSA) is 78.9 Å². The van der Waals surface area contributed by atoms with Gasteiger partial charge in [0.15, 0.2) is 5.84 Å². The summed E-state index contributed by atoms with van der Waals surface area (Å²) in [4.78, 5) is 14.7. The zero-order valence-electron chi connectivity index (χ0n) is 12.0. The number of rotatable bonds is 2. The highest BCUT2D eigenvalue weighted by Gasteiger charge is 2.38.